The molecule has 2 rings (SSSR count). The zero-order valence-corrected chi connectivity index (χ0v) is 18.5. The third kappa shape index (κ3) is 6.41. The van der Waals surface area contributed by atoms with Crippen LogP contribution in [0.1, 0.15) is 61.1 Å². The molecule has 0 fully saturated rings. The average Bonchev–Trinajstić information content (AvgIpc) is 2.73. The largest absolute Gasteiger partial charge is 0.345 e. The third-order valence-electron chi connectivity index (χ3n) is 4.79. The van der Waals surface area contributed by atoms with Crippen LogP contribution < -0.4 is 10.0 Å². The molecule has 2 aromatic rings. The number of amides is 1. The van der Waals surface area contributed by atoms with E-state index in [2.05, 4.69) is 41.2 Å². The van der Waals surface area contributed by atoms with Gasteiger partial charge in [0.15, 0.2) is 0 Å². The van der Waals surface area contributed by atoms with Gasteiger partial charge in [0, 0.05) is 18.5 Å². The van der Waals surface area contributed by atoms with Gasteiger partial charge < -0.3 is 5.32 Å². The van der Waals surface area contributed by atoms with Crippen LogP contribution in [-0.2, 0) is 16.4 Å². The van der Waals surface area contributed by atoms with Gasteiger partial charge in [-0.15, -0.1) is 0 Å². The Morgan fingerprint density at radius 1 is 1.07 bits per heavy atom. The van der Waals surface area contributed by atoms with Gasteiger partial charge in [0.25, 0.3) is 5.91 Å². The van der Waals surface area contributed by atoms with Crippen LogP contribution in [0.15, 0.2) is 53.4 Å². The smallest absolute Gasteiger partial charge is 0.251 e. The first-order valence-corrected chi connectivity index (χ1v) is 11.6. The van der Waals surface area contributed by atoms with Crippen molar-refractivity contribution in [2.24, 2.45) is 5.92 Å². The van der Waals surface area contributed by atoms with Crippen LogP contribution in [0.3, 0.4) is 0 Å². The fraction of sp³-hybridized carbons (Fsp3) is 0.391. The Kier molecular flexibility index (Phi) is 8.58. The number of aryl methyl sites for hydroxylation is 1. The highest BCUT2D eigenvalue weighted by Crippen LogP contribution is 2.23. The summed E-state index contributed by atoms with van der Waals surface area (Å²) >= 11 is 0. The number of nitriles is 1. The van der Waals surface area contributed by atoms with E-state index in [9.17, 15) is 13.2 Å². The van der Waals surface area contributed by atoms with Crippen molar-refractivity contribution in [3.63, 3.8) is 0 Å². The number of benzene rings is 2. The molecule has 0 heterocycles. The molecule has 0 aliphatic rings. The van der Waals surface area contributed by atoms with Crippen LogP contribution in [0.5, 0.6) is 0 Å². The second-order valence-corrected chi connectivity index (χ2v) is 9.28. The van der Waals surface area contributed by atoms with Crippen molar-refractivity contribution >= 4 is 15.9 Å². The highest BCUT2D eigenvalue weighted by molar-refractivity contribution is 7.89. The first kappa shape index (κ1) is 23.6. The Morgan fingerprint density at radius 2 is 1.70 bits per heavy atom. The maximum absolute atomic E-state index is 12.8. The van der Waals surface area contributed by atoms with E-state index in [1.807, 2.05) is 19.9 Å². The van der Waals surface area contributed by atoms with Gasteiger partial charge in [-0.25, -0.2) is 13.1 Å². The number of carbonyl (C=O) groups is 1. The minimum absolute atomic E-state index is 0.0498. The first-order valence-electron chi connectivity index (χ1n) is 10.1. The summed E-state index contributed by atoms with van der Waals surface area (Å²) in [5.74, 6) is -0.0670. The van der Waals surface area contributed by atoms with Crippen molar-refractivity contribution in [2.75, 3.05) is 6.54 Å². The number of rotatable bonds is 10. The molecule has 1 amide bonds. The van der Waals surface area contributed by atoms with E-state index < -0.39 is 10.0 Å². The van der Waals surface area contributed by atoms with Gasteiger partial charge in [-0.3, -0.25) is 4.79 Å². The number of nitrogens with zero attached hydrogens (tertiary/aromatic N) is 1. The quantitative estimate of drug-likeness (QED) is 0.561. The summed E-state index contributed by atoms with van der Waals surface area (Å²) in [6.45, 7) is 6.29. The summed E-state index contributed by atoms with van der Waals surface area (Å²) in [5, 5.41) is 11.6. The van der Waals surface area contributed by atoms with E-state index in [1.54, 1.807) is 0 Å². The lowest BCUT2D eigenvalue weighted by Gasteiger charge is -2.23. The number of hydrogen-bond donors (Lipinski definition) is 2. The lowest BCUT2D eigenvalue weighted by Crippen LogP contribution is -2.31. The van der Waals surface area contributed by atoms with Crippen LogP contribution in [-0.4, -0.2) is 20.9 Å². The van der Waals surface area contributed by atoms with Crippen molar-refractivity contribution in [1.82, 2.24) is 10.0 Å². The van der Waals surface area contributed by atoms with Crippen LogP contribution in [0, 0.1) is 17.2 Å². The maximum atomic E-state index is 12.8. The van der Waals surface area contributed by atoms with Crippen molar-refractivity contribution in [3.8, 4) is 6.07 Å². The summed E-state index contributed by atoms with van der Waals surface area (Å²) in [5.41, 5.74) is 2.70. The molecule has 1 unspecified atom stereocenters. The number of hydrogen-bond acceptors (Lipinski definition) is 4. The summed E-state index contributed by atoms with van der Waals surface area (Å²) in [6.07, 6.45) is 2.21. The molecule has 0 aliphatic heterocycles. The van der Waals surface area contributed by atoms with E-state index in [1.165, 1.54) is 29.8 Å². The van der Waals surface area contributed by atoms with Gasteiger partial charge in [0.2, 0.25) is 10.0 Å². The lowest BCUT2D eigenvalue weighted by molar-refractivity contribution is 0.0925. The summed E-state index contributed by atoms with van der Waals surface area (Å²) < 4.78 is 26.7. The maximum Gasteiger partial charge on any atom is 0.251 e. The highest BCUT2D eigenvalue weighted by atomic mass is 32.2. The molecule has 1 atom stereocenters. The molecular weight excluding hydrogens is 398 g/mol. The topological polar surface area (TPSA) is 99.1 Å². The summed E-state index contributed by atoms with van der Waals surface area (Å²) in [4.78, 5) is 12.8. The van der Waals surface area contributed by atoms with Crippen molar-refractivity contribution in [1.29, 1.82) is 5.26 Å². The molecule has 2 aromatic carbocycles. The molecule has 0 aliphatic carbocycles. The van der Waals surface area contributed by atoms with Gasteiger partial charge in [-0.2, -0.15) is 5.26 Å². The molecule has 0 saturated heterocycles. The minimum Gasteiger partial charge on any atom is -0.345 e. The molecule has 0 spiro atoms. The molecular formula is C23H29N3O3S. The van der Waals surface area contributed by atoms with Crippen LogP contribution in [0.2, 0.25) is 0 Å². The van der Waals surface area contributed by atoms with E-state index in [0.717, 1.165) is 18.4 Å². The predicted octanol–water partition coefficient (Wildman–Crippen LogP) is 3.96. The Labute approximate surface area is 179 Å². The standard InChI is InChI=1S/C23H29N3O3S/c1-4-6-18-7-9-19(10-8-18)22(17(2)3)26-23(27)20-11-13-21(14-12-20)30(28,29)25-16-5-15-24/h7-14,17,22,25H,4-6,16H2,1-3H3,(H,26,27). The van der Waals surface area contributed by atoms with Crippen molar-refractivity contribution < 1.29 is 13.2 Å². The van der Waals surface area contributed by atoms with Gasteiger partial charge in [-0.1, -0.05) is 51.5 Å². The zero-order chi connectivity index (χ0) is 22.1. The number of sulfonamides is 1. The predicted molar refractivity (Wildman–Crippen MR) is 117 cm³/mol. The summed E-state index contributed by atoms with van der Waals surface area (Å²) in [7, 11) is -3.70. The molecule has 0 bridgehead atoms. The number of nitrogens with one attached hydrogen (secondary N) is 2. The number of carbonyl (C=O) groups excluding carboxylic acids is 1. The molecule has 160 valence electrons. The fourth-order valence-electron chi connectivity index (χ4n) is 3.15. The monoisotopic (exact) mass is 427 g/mol. The minimum atomic E-state index is -3.70. The Morgan fingerprint density at radius 3 is 2.23 bits per heavy atom. The Bertz CT molecular complexity index is 976. The van der Waals surface area contributed by atoms with E-state index in [-0.39, 0.29) is 35.7 Å². The zero-order valence-electron chi connectivity index (χ0n) is 17.7. The SMILES string of the molecule is CCCc1ccc(C(NC(=O)c2ccc(S(=O)(=O)NCCC#N)cc2)C(C)C)cc1. The Balaban J connectivity index is 2.12. The second kappa shape index (κ2) is 10.9. The van der Waals surface area contributed by atoms with Crippen molar-refractivity contribution in [3.05, 3.63) is 65.2 Å². The van der Waals surface area contributed by atoms with Gasteiger partial charge >= 0.3 is 0 Å². The van der Waals surface area contributed by atoms with E-state index >= 15 is 0 Å². The fourth-order valence-corrected chi connectivity index (χ4v) is 4.18. The molecule has 0 saturated carbocycles. The van der Waals surface area contributed by atoms with Crippen molar-refractivity contribution in [2.45, 2.75) is 51.0 Å². The Hall–Kier alpha value is -2.69. The average molecular weight is 428 g/mol. The molecule has 30 heavy (non-hydrogen) atoms. The van der Waals surface area contributed by atoms with Crippen LogP contribution >= 0.6 is 0 Å². The van der Waals surface area contributed by atoms with E-state index in [4.69, 9.17) is 5.26 Å². The second-order valence-electron chi connectivity index (χ2n) is 7.52. The third-order valence-corrected chi connectivity index (χ3v) is 6.26. The normalized spacial score (nSPS) is 12.4. The molecule has 0 radical (unpaired) electrons. The van der Waals surface area contributed by atoms with Crippen LogP contribution in [0.4, 0.5) is 0 Å². The summed E-state index contributed by atoms with van der Waals surface area (Å²) in [6, 6.07) is 15.8. The van der Waals surface area contributed by atoms with Gasteiger partial charge in [0.05, 0.1) is 17.0 Å². The molecule has 7 heteroatoms. The van der Waals surface area contributed by atoms with Gasteiger partial charge in [0.1, 0.15) is 0 Å². The van der Waals surface area contributed by atoms with E-state index in [0.29, 0.717) is 5.56 Å². The first-order chi connectivity index (χ1) is 14.3. The lowest BCUT2D eigenvalue weighted by atomic mass is 9.94. The molecule has 6 nitrogen and oxygen atoms in total. The molecule has 0 aromatic heterocycles. The van der Waals surface area contributed by atoms with Crippen LogP contribution in [0.25, 0.3) is 0 Å². The van der Waals surface area contributed by atoms with Gasteiger partial charge in [-0.05, 0) is 47.7 Å². The molecule has 2 N–H and O–H groups in total. The highest BCUT2D eigenvalue weighted by Gasteiger charge is 2.20.